The molecule has 2 aliphatic heterocycles. The Bertz CT molecular complexity index is 1930. The molecule has 0 bridgehead atoms. The summed E-state index contributed by atoms with van der Waals surface area (Å²) in [7, 11) is 0. The first-order valence-corrected chi connectivity index (χ1v) is 36.1. The summed E-state index contributed by atoms with van der Waals surface area (Å²) < 4.78 is 22.9. The number of aliphatic hydroxyl groups excluding tert-OH is 8. The zero-order valence-corrected chi connectivity index (χ0v) is 56.3. The van der Waals surface area contributed by atoms with Gasteiger partial charge in [-0.15, -0.1) is 0 Å². The van der Waals surface area contributed by atoms with Gasteiger partial charge >= 0.3 is 0 Å². The van der Waals surface area contributed by atoms with E-state index in [1.165, 1.54) is 148 Å². The molecule has 12 atom stereocenters. The smallest absolute Gasteiger partial charge is 0.220 e. The molecule has 0 spiro atoms. The Labute approximate surface area is 546 Å². The van der Waals surface area contributed by atoms with Gasteiger partial charge in [0.2, 0.25) is 5.91 Å². The fraction of sp³-hybridized carbons (Fsp3) is 0.750. The van der Waals surface area contributed by atoms with Crippen molar-refractivity contribution in [2.75, 3.05) is 19.8 Å². The second-order valence-electron chi connectivity index (χ2n) is 25.0. The van der Waals surface area contributed by atoms with Crippen molar-refractivity contribution in [1.29, 1.82) is 0 Å². The summed E-state index contributed by atoms with van der Waals surface area (Å²) in [5, 5.41) is 87.4. The van der Waals surface area contributed by atoms with Gasteiger partial charge in [-0.1, -0.05) is 290 Å². The molecule has 2 fully saturated rings. The number of aliphatic hydroxyl groups is 8. The minimum absolute atomic E-state index is 0.243. The van der Waals surface area contributed by atoms with Gasteiger partial charge in [0.25, 0.3) is 0 Å². The molecule has 2 saturated heterocycles. The molecule has 0 saturated carbocycles. The van der Waals surface area contributed by atoms with E-state index < -0.39 is 86.8 Å². The van der Waals surface area contributed by atoms with Gasteiger partial charge in [0.1, 0.15) is 48.8 Å². The first-order valence-electron chi connectivity index (χ1n) is 36.1. The molecule has 2 heterocycles. The summed E-state index contributed by atoms with van der Waals surface area (Å²) in [6.07, 6.45) is 68.5. The third kappa shape index (κ3) is 42.8. The average molecular weight is 1270 g/mol. The fourth-order valence-electron chi connectivity index (χ4n) is 11.3. The monoisotopic (exact) mass is 1270 g/mol. The normalized spacial score (nSPS) is 23.6. The van der Waals surface area contributed by atoms with Crippen LogP contribution in [0.1, 0.15) is 271 Å². The van der Waals surface area contributed by atoms with Crippen molar-refractivity contribution in [2.24, 2.45) is 0 Å². The van der Waals surface area contributed by atoms with Gasteiger partial charge in [0.15, 0.2) is 12.6 Å². The Morgan fingerprint density at radius 1 is 0.411 bits per heavy atom. The van der Waals surface area contributed by atoms with Crippen LogP contribution in [0.5, 0.6) is 0 Å². The van der Waals surface area contributed by atoms with Gasteiger partial charge in [-0.05, 0) is 83.5 Å². The van der Waals surface area contributed by atoms with Crippen LogP contribution >= 0.6 is 0 Å². The molecule has 9 N–H and O–H groups in total. The number of hydrogen-bond acceptors (Lipinski definition) is 13. The summed E-state index contributed by atoms with van der Waals surface area (Å²) >= 11 is 0. The Morgan fingerprint density at radius 2 is 0.767 bits per heavy atom. The zero-order chi connectivity index (χ0) is 65.2. The lowest BCUT2D eigenvalue weighted by atomic mass is 9.97. The van der Waals surface area contributed by atoms with Crippen LogP contribution < -0.4 is 5.32 Å². The molecular weight excluding hydrogens is 1130 g/mol. The van der Waals surface area contributed by atoms with Crippen molar-refractivity contribution in [2.45, 2.75) is 344 Å². The van der Waals surface area contributed by atoms with Crippen LogP contribution in [0.2, 0.25) is 0 Å². The van der Waals surface area contributed by atoms with Gasteiger partial charge < -0.3 is 65.1 Å². The quantitative estimate of drug-likeness (QED) is 0.0204. The van der Waals surface area contributed by atoms with E-state index in [0.717, 1.165) is 96.3 Å². The van der Waals surface area contributed by atoms with E-state index >= 15 is 0 Å². The first-order chi connectivity index (χ1) is 44.1. The van der Waals surface area contributed by atoms with Gasteiger partial charge in [0.05, 0.1) is 32.0 Å². The summed E-state index contributed by atoms with van der Waals surface area (Å²) in [6, 6.07) is -0.923. The zero-order valence-electron chi connectivity index (χ0n) is 56.3. The average Bonchev–Trinajstić information content (AvgIpc) is 1.58. The van der Waals surface area contributed by atoms with Crippen LogP contribution in [-0.2, 0) is 23.7 Å². The molecule has 14 heteroatoms. The molecule has 0 aromatic rings. The number of unbranched alkanes of at least 4 members (excludes halogenated alkanes) is 29. The Morgan fingerprint density at radius 3 is 1.18 bits per heavy atom. The second-order valence-corrected chi connectivity index (χ2v) is 25.0. The maximum Gasteiger partial charge on any atom is 0.220 e. The van der Waals surface area contributed by atoms with Gasteiger partial charge in [-0.2, -0.15) is 0 Å². The summed E-state index contributed by atoms with van der Waals surface area (Å²) in [5.74, 6) is -0.243. The van der Waals surface area contributed by atoms with Gasteiger partial charge in [-0.3, -0.25) is 4.79 Å². The lowest BCUT2D eigenvalue weighted by molar-refractivity contribution is -0.359. The second kappa shape index (κ2) is 59.4. The summed E-state index contributed by atoms with van der Waals surface area (Å²) in [4.78, 5) is 13.3. The van der Waals surface area contributed by atoms with Crippen molar-refractivity contribution >= 4 is 5.91 Å². The van der Waals surface area contributed by atoms with Crippen LogP contribution in [0, 0.1) is 0 Å². The van der Waals surface area contributed by atoms with E-state index in [2.05, 4.69) is 116 Å². The van der Waals surface area contributed by atoms with Crippen molar-refractivity contribution < 1.29 is 64.6 Å². The number of carbonyl (C=O) groups excluding carboxylic acids is 1. The van der Waals surface area contributed by atoms with Crippen LogP contribution in [0.3, 0.4) is 0 Å². The van der Waals surface area contributed by atoms with Crippen LogP contribution in [0.25, 0.3) is 0 Å². The molecule has 0 aromatic carbocycles. The van der Waals surface area contributed by atoms with E-state index in [-0.39, 0.29) is 18.9 Å². The molecule has 12 unspecified atom stereocenters. The lowest BCUT2D eigenvalue weighted by Crippen LogP contribution is -2.65. The highest BCUT2D eigenvalue weighted by atomic mass is 16.7. The molecular formula is C76H131NO13. The van der Waals surface area contributed by atoms with Crippen molar-refractivity contribution in [3.63, 3.8) is 0 Å². The van der Waals surface area contributed by atoms with Crippen LogP contribution in [0.4, 0.5) is 0 Å². The van der Waals surface area contributed by atoms with Crippen molar-refractivity contribution in [3.05, 3.63) is 109 Å². The number of nitrogens with one attached hydrogen (secondary N) is 1. The van der Waals surface area contributed by atoms with Gasteiger partial charge in [0, 0.05) is 6.42 Å². The van der Waals surface area contributed by atoms with E-state index in [9.17, 15) is 45.6 Å². The molecule has 1 amide bonds. The van der Waals surface area contributed by atoms with E-state index in [1.54, 1.807) is 6.08 Å². The molecule has 518 valence electrons. The minimum atomic E-state index is -1.79. The Kier molecular flexibility index (Phi) is 54.6. The Balaban J connectivity index is 1.64. The van der Waals surface area contributed by atoms with Crippen LogP contribution in [0.15, 0.2) is 109 Å². The predicted molar refractivity (Wildman–Crippen MR) is 369 cm³/mol. The molecule has 0 radical (unpaired) electrons. The molecule has 14 nitrogen and oxygen atoms in total. The summed E-state index contributed by atoms with van der Waals surface area (Å²) in [5.41, 5.74) is 0. The number of ether oxygens (including phenoxy) is 4. The van der Waals surface area contributed by atoms with E-state index in [0.29, 0.717) is 6.42 Å². The SMILES string of the molecule is CC/C=C\C/C=C\C/C=C\C/C=C\C/C=C\C/C=C\C/C=C\C/C=C\CCCCCCCCCCCCCCC(=O)NC(COC1OC(CO)C(OC2OC(CO)C(O)C(O)C2O)C(O)C1O)C(O)/C=C/CCCCCCCCCCCCCCCCCCC. The van der Waals surface area contributed by atoms with E-state index in [1.807, 2.05) is 6.08 Å². The molecule has 0 aliphatic carbocycles. The topological polar surface area (TPSA) is 228 Å². The number of allylic oxidation sites excluding steroid dienone is 17. The number of rotatable bonds is 58. The third-order valence-corrected chi connectivity index (χ3v) is 17.0. The number of amides is 1. The lowest BCUT2D eigenvalue weighted by Gasteiger charge is -2.46. The number of carbonyl (C=O) groups is 1. The maximum atomic E-state index is 13.3. The predicted octanol–water partition coefficient (Wildman–Crippen LogP) is 15.1. The minimum Gasteiger partial charge on any atom is -0.394 e. The molecule has 0 aromatic heterocycles. The summed E-state index contributed by atoms with van der Waals surface area (Å²) in [6.45, 7) is 2.70. The highest BCUT2D eigenvalue weighted by Crippen LogP contribution is 2.30. The number of hydrogen-bond donors (Lipinski definition) is 9. The maximum absolute atomic E-state index is 13.3. The largest absolute Gasteiger partial charge is 0.394 e. The van der Waals surface area contributed by atoms with Crippen molar-refractivity contribution in [3.8, 4) is 0 Å². The molecule has 2 aliphatic rings. The van der Waals surface area contributed by atoms with Crippen molar-refractivity contribution in [1.82, 2.24) is 5.32 Å². The highest BCUT2D eigenvalue weighted by molar-refractivity contribution is 5.76. The Hall–Kier alpha value is -3.35. The standard InChI is InChI=1S/C76H131NO13/c1-3-5-7-9-11-13-15-17-19-21-23-24-25-26-27-28-29-30-31-32-33-34-35-36-37-38-39-40-42-44-46-48-50-52-54-56-58-60-68(81)77-64(65(80)59-57-55-53-51-49-47-45-43-41-22-20-18-16-14-12-10-8-6-4-2)63-87-75-73(86)71(84)74(67(62-79)89-75)90-76-72(85)70(83)69(82)66(61-78)88-76/h5,7,11,13,17,19,23-24,26-27,29-30,32-33,35-36,57,59,64-67,69-76,78-80,82-86H,3-4,6,8-10,12,14-16,18,20-22,25,28,31,34,37-56,58,60-63H2,1-2H3,(H,77,81)/b7-5-,13-11-,19-17-,24-23-,27-26-,30-29-,33-32-,36-35-,59-57+. The van der Waals surface area contributed by atoms with E-state index in [4.69, 9.17) is 18.9 Å². The molecule has 90 heavy (non-hydrogen) atoms. The van der Waals surface area contributed by atoms with Crippen LogP contribution in [-0.4, -0.2) is 140 Å². The fourth-order valence-corrected chi connectivity index (χ4v) is 11.3. The third-order valence-electron chi connectivity index (χ3n) is 17.0. The van der Waals surface area contributed by atoms with Gasteiger partial charge in [-0.25, -0.2) is 0 Å². The first kappa shape index (κ1) is 82.7. The molecule has 2 rings (SSSR count). The highest BCUT2D eigenvalue weighted by Gasteiger charge is 2.51.